The average Bonchev–Trinajstić information content (AvgIpc) is 2.77. The molecule has 0 bridgehead atoms. The second kappa shape index (κ2) is 6.60. The van der Waals surface area contributed by atoms with E-state index in [4.69, 9.17) is 9.15 Å². The van der Waals surface area contributed by atoms with Crippen molar-refractivity contribution < 1.29 is 9.15 Å². The fourth-order valence-electron chi connectivity index (χ4n) is 2.16. The summed E-state index contributed by atoms with van der Waals surface area (Å²) in [6.45, 7) is 6.28. The van der Waals surface area contributed by atoms with Crippen molar-refractivity contribution in [2.24, 2.45) is 0 Å². The third-order valence-corrected chi connectivity index (χ3v) is 4.03. The molecule has 0 aliphatic heterocycles. The van der Waals surface area contributed by atoms with E-state index in [1.54, 1.807) is 0 Å². The molecule has 21 heavy (non-hydrogen) atoms. The smallest absolute Gasteiger partial charge is 0.135 e. The van der Waals surface area contributed by atoms with Crippen molar-refractivity contribution in [3.63, 3.8) is 0 Å². The molecule has 1 aromatic carbocycles. The molecule has 0 fully saturated rings. The summed E-state index contributed by atoms with van der Waals surface area (Å²) in [5.41, 5.74) is 2.12. The number of para-hydroxylation sites is 1. The van der Waals surface area contributed by atoms with Crippen LogP contribution in [0.5, 0.6) is 0 Å². The van der Waals surface area contributed by atoms with Crippen molar-refractivity contribution in [1.82, 2.24) is 10.2 Å². The molecule has 1 aromatic heterocycles. The number of benzene rings is 1. The minimum Gasteiger partial charge on any atom is -0.458 e. The molecule has 0 amide bonds. The average molecular weight is 290 g/mol. The molecule has 1 N–H and O–H groups in total. The zero-order chi connectivity index (χ0) is 15.5. The molecule has 0 radical (unpaired) electrons. The Bertz CT molecular complexity index is 587. The van der Waals surface area contributed by atoms with E-state index in [9.17, 15) is 0 Å². The summed E-state index contributed by atoms with van der Waals surface area (Å²) >= 11 is 0. The van der Waals surface area contributed by atoms with Crippen molar-refractivity contribution in [3.8, 4) is 0 Å². The Morgan fingerprint density at radius 2 is 1.95 bits per heavy atom. The van der Waals surface area contributed by atoms with E-state index in [0.717, 1.165) is 23.3 Å². The highest BCUT2D eigenvalue weighted by Crippen LogP contribution is 2.26. The fraction of sp³-hybridized carbons (Fsp3) is 0.529. The van der Waals surface area contributed by atoms with E-state index in [0.29, 0.717) is 13.2 Å². The van der Waals surface area contributed by atoms with Gasteiger partial charge in [0.05, 0.1) is 6.61 Å². The Labute approximate surface area is 127 Å². The lowest BCUT2D eigenvalue weighted by Crippen LogP contribution is -2.42. The topological polar surface area (TPSA) is 37.6 Å². The fourth-order valence-corrected chi connectivity index (χ4v) is 2.16. The molecule has 0 spiro atoms. The van der Waals surface area contributed by atoms with Crippen LogP contribution in [-0.2, 0) is 17.9 Å². The van der Waals surface area contributed by atoms with E-state index < -0.39 is 0 Å². The van der Waals surface area contributed by atoms with Crippen LogP contribution in [0.2, 0.25) is 0 Å². The standard InChI is InChI=1S/C17H26N2O2/c1-17(2,19(4)5)12-20-11-16-14(10-18-3)13-8-6-7-9-15(13)21-16/h6-9,18H,10-12H2,1-5H3. The minimum absolute atomic E-state index is 0.00911. The van der Waals surface area contributed by atoms with Gasteiger partial charge in [0.1, 0.15) is 18.0 Å². The molecule has 116 valence electrons. The van der Waals surface area contributed by atoms with E-state index in [-0.39, 0.29) is 5.54 Å². The molecule has 2 rings (SSSR count). The first-order valence-corrected chi connectivity index (χ1v) is 7.35. The zero-order valence-electron chi connectivity index (χ0n) is 13.7. The van der Waals surface area contributed by atoms with Gasteiger partial charge in [-0.15, -0.1) is 0 Å². The number of nitrogens with zero attached hydrogens (tertiary/aromatic N) is 1. The van der Waals surface area contributed by atoms with Crippen LogP contribution in [0, 0.1) is 0 Å². The van der Waals surface area contributed by atoms with Gasteiger partial charge in [0.25, 0.3) is 0 Å². The number of rotatable bonds is 7. The Kier molecular flexibility index (Phi) is 5.04. The monoisotopic (exact) mass is 290 g/mol. The number of furan rings is 1. The van der Waals surface area contributed by atoms with Gasteiger partial charge in [0, 0.05) is 23.0 Å². The third kappa shape index (κ3) is 3.64. The molecule has 0 aliphatic carbocycles. The molecule has 2 aromatic rings. The summed E-state index contributed by atoms with van der Waals surface area (Å²) in [6.07, 6.45) is 0. The normalized spacial score (nSPS) is 12.5. The van der Waals surface area contributed by atoms with E-state index in [1.807, 2.05) is 25.2 Å². The highest BCUT2D eigenvalue weighted by molar-refractivity contribution is 5.82. The highest BCUT2D eigenvalue weighted by atomic mass is 16.5. The summed E-state index contributed by atoms with van der Waals surface area (Å²) in [5.74, 6) is 0.917. The van der Waals surface area contributed by atoms with Crippen LogP contribution in [0.3, 0.4) is 0 Å². The highest BCUT2D eigenvalue weighted by Gasteiger charge is 2.21. The predicted octanol–water partition coefficient (Wildman–Crippen LogP) is 3.01. The van der Waals surface area contributed by atoms with Crippen LogP contribution in [-0.4, -0.2) is 38.2 Å². The number of hydrogen-bond acceptors (Lipinski definition) is 4. The lowest BCUT2D eigenvalue weighted by Gasteiger charge is -2.32. The summed E-state index contributed by atoms with van der Waals surface area (Å²) in [5, 5.41) is 4.37. The van der Waals surface area contributed by atoms with Gasteiger partial charge in [-0.1, -0.05) is 18.2 Å². The zero-order valence-corrected chi connectivity index (χ0v) is 13.7. The summed E-state index contributed by atoms with van der Waals surface area (Å²) in [6, 6.07) is 8.13. The van der Waals surface area contributed by atoms with Crippen LogP contribution in [0.4, 0.5) is 0 Å². The summed E-state index contributed by atoms with van der Waals surface area (Å²) in [7, 11) is 6.08. The predicted molar refractivity (Wildman–Crippen MR) is 86.4 cm³/mol. The van der Waals surface area contributed by atoms with Gasteiger partial charge < -0.3 is 19.4 Å². The van der Waals surface area contributed by atoms with Crippen LogP contribution in [0.1, 0.15) is 25.2 Å². The molecule has 0 unspecified atom stereocenters. The largest absolute Gasteiger partial charge is 0.458 e. The Balaban J connectivity index is 2.13. The van der Waals surface area contributed by atoms with Gasteiger partial charge in [0.15, 0.2) is 0 Å². The van der Waals surface area contributed by atoms with Crippen molar-refractivity contribution in [2.45, 2.75) is 32.5 Å². The van der Waals surface area contributed by atoms with Gasteiger partial charge >= 0.3 is 0 Å². The summed E-state index contributed by atoms with van der Waals surface area (Å²) < 4.78 is 11.8. The van der Waals surface area contributed by atoms with Gasteiger partial charge in [-0.05, 0) is 41.1 Å². The first-order valence-electron chi connectivity index (χ1n) is 7.35. The molecular formula is C17H26N2O2. The maximum Gasteiger partial charge on any atom is 0.135 e. The maximum atomic E-state index is 5.95. The second-order valence-electron chi connectivity index (χ2n) is 6.23. The Hall–Kier alpha value is -1.36. The van der Waals surface area contributed by atoms with E-state index >= 15 is 0 Å². The molecule has 1 heterocycles. The second-order valence-corrected chi connectivity index (χ2v) is 6.23. The first kappa shape index (κ1) is 16.0. The quantitative estimate of drug-likeness (QED) is 0.850. The number of fused-ring (bicyclic) bond motifs is 1. The lowest BCUT2D eigenvalue weighted by molar-refractivity contribution is 0.0210. The van der Waals surface area contributed by atoms with Gasteiger partial charge in [-0.2, -0.15) is 0 Å². The lowest BCUT2D eigenvalue weighted by atomic mass is 10.1. The molecular weight excluding hydrogens is 264 g/mol. The molecule has 0 aliphatic rings. The number of nitrogens with one attached hydrogen (secondary N) is 1. The first-order chi connectivity index (χ1) is 9.95. The van der Waals surface area contributed by atoms with Crippen LogP contribution < -0.4 is 5.32 Å². The SMILES string of the molecule is CNCc1c(COCC(C)(C)N(C)C)oc2ccccc12. The van der Waals surface area contributed by atoms with E-state index in [1.165, 1.54) is 5.56 Å². The van der Waals surface area contributed by atoms with Crippen LogP contribution >= 0.6 is 0 Å². The summed E-state index contributed by atoms with van der Waals surface area (Å²) in [4.78, 5) is 2.17. The maximum absolute atomic E-state index is 5.95. The van der Waals surface area contributed by atoms with Gasteiger partial charge in [0.2, 0.25) is 0 Å². The number of hydrogen-bond donors (Lipinski definition) is 1. The molecule has 0 saturated heterocycles. The van der Waals surface area contributed by atoms with Crippen molar-refractivity contribution in [1.29, 1.82) is 0 Å². The van der Waals surface area contributed by atoms with Gasteiger partial charge in [-0.25, -0.2) is 0 Å². The Morgan fingerprint density at radius 1 is 1.24 bits per heavy atom. The number of likely N-dealkylation sites (N-methyl/N-ethyl adjacent to an activating group) is 1. The molecule has 0 atom stereocenters. The van der Waals surface area contributed by atoms with Crippen molar-refractivity contribution in [2.75, 3.05) is 27.7 Å². The molecule has 4 nitrogen and oxygen atoms in total. The van der Waals surface area contributed by atoms with Crippen LogP contribution in [0.25, 0.3) is 11.0 Å². The molecule has 4 heteroatoms. The Morgan fingerprint density at radius 3 is 2.62 bits per heavy atom. The van der Waals surface area contributed by atoms with Crippen molar-refractivity contribution in [3.05, 3.63) is 35.6 Å². The minimum atomic E-state index is 0.00911. The number of ether oxygens (including phenoxy) is 1. The van der Waals surface area contributed by atoms with Crippen molar-refractivity contribution >= 4 is 11.0 Å². The van der Waals surface area contributed by atoms with Crippen LogP contribution in [0.15, 0.2) is 28.7 Å². The third-order valence-electron chi connectivity index (χ3n) is 4.03. The van der Waals surface area contributed by atoms with Gasteiger partial charge in [-0.3, -0.25) is 0 Å². The molecule has 0 saturated carbocycles. The van der Waals surface area contributed by atoms with E-state index in [2.05, 4.69) is 44.2 Å².